The molecule has 0 aliphatic heterocycles. The Morgan fingerprint density at radius 2 is 1.68 bits per heavy atom. The molecule has 0 aliphatic carbocycles. The van der Waals surface area contributed by atoms with Crippen molar-refractivity contribution in [2.24, 2.45) is 5.73 Å². The van der Waals surface area contributed by atoms with E-state index in [1.807, 2.05) is 57.2 Å². The van der Waals surface area contributed by atoms with Gasteiger partial charge in [0, 0.05) is 16.6 Å². The van der Waals surface area contributed by atoms with E-state index in [9.17, 15) is 0 Å². The maximum Gasteiger partial charge on any atom is 0.132 e. The van der Waals surface area contributed by atoms with E-state index in [1.54, 1.807) is 0 Å². The molecule has 0 amide bonds. The minimum absolute atomic E-state index is 0.0642. The fourth-order valence-corrected chi connectivity index (χ4v) is 2.15. The molecule has 0 aromatic heterocycles. The molecule has 0 fully saturated rings. The Morgan fingerprint density at radius 1 is 1.11 bits per heavy atom. The van der Waals surface area contributed by atoms with Crippen LogP contribution in [0, 0.1) is 13.8 Å². The molecule has 2 nitrogen and oxygen atoms in total. The number of ether oxygens (including phenoxy) is 1. The first-order valence-electron chi connectivity index (χ1n) is 6.28. The second-order valence-electron chi connectivity index (χ2n) is 4.80. The summed E-state index contributed by atoms with van der Waals surface area (Å²) in [7, 11) is 0. The highest BCUT2D eigenvalue weighted by Gasteiger charge is 2.09. The third-order valence-electron chi connectivity index (χ3n) is 3.05. The minimum atomic E-state index is -0.0642. The Kier molecular flexibility index (Phi) is 4.13. The molecule has 19 heavy (non-hydrogen) atoms. The fraction of sp³-hybridized carbons (Fsp3) is 0.250. The summed E-state index contributed by atoms with van der Waals surface area (Å²) >= 11 is 6.16. The van der Waals surface area contributed by atoms with Gasteiger partial charge in [-0.3, -0.25) is 0 Å². The maximum atomic E-state index is 6.16. The van der Waals surface area contributed by atoms with Gasteiger partial charge in [0.2, 0.25) is 0 Å². The summed E-state index contributed by atoms with van der Waals surface area (Å²) in [4.78, 5) is 0. The molecule has 0 heterocycles. The molecule has 2 N–H and O–H groups in total. The summed E-state index contributed by atoms with van der Waals surface area (Å²) in [6, 6.07) is 11.6. The topological polar surface area (TPSA) is 35.2 Å². The van der Waals surface area contributed by atoms with Gasteiger partial charge in [-0.1, -0.05) is 29.8 Å². The SMILES string of the molecule is Cc1cc(Oc2ccccc2[C@H](C)N)cc(C)c1Cl. The number of rotatable bonds is 3. The van der Waals surface area contributed by atoms with Gasteiger partial charge < -0.3 is 10.5 Å². The van der Waals surface area contributed by atoms with E-state index in [0.717, 1.165) is 33.2 Å². The van der Waals surface area contributed by atoms with Crippen molar-refractivity contribution in [1.82, 2.24) is 0 Å². The highest BCUT2D eigenvalue weighted by Crippen LogP contribution is 2.32. The van der Waals surface area contributed by atoms with Gasteiger partial charge in [-0.2, -0.15) is 0 Å². The van der Waals surface area contributed by atoms with Crippen LogP contribution in [0.1, 0.15) is 29.7 Å². The molecular formula is C16H18ClNO. The van der Waals surface area contributed by atoms with Crippen molar-refractivity contribution in [1.29, 1.82) is 0 Å². The van der Waals surface area contributed by atoms with E-state index >= 15 is 0 Å². The van der Waals surface area contributed by atoms with Gasteiger partial charge in [0.15, 0.2) is 0 Å². The Morgan fingerprint density at radius 3 is 2.26 bits per heavy atom. The van der Waals surface area contributed by atoms with Crippen LogP contribution < -0.4 is 10.5 Å². The van der Waals surface area contributed by atoms with Crippen molar-refractivity contribution in [3.8, 4) is 11.5 Å². The van der Waals surface area contributed by atoms with Gasteiger partial charge >= 0.3 is 0 Å². The predicted octanol–water partition coefficient (Wildman–Crippen LogP) is 4.77. The minimum Gasteiger partial charge on any atom is -0.457 e. The largest absolute Gasteiger partial charge is 0.457 e. The fourth-order valence-electron chi connectivity index (χ4n) is 2.04. The molecule has 0 radical (unpaired) electrons. The molecular weight excluding hydrogens is 258 g/mol. The Bertz CT molecular complexity index is 570. The summed E-state index contributed by atoms with van der Waals surface area (Å²) in [5, 5.41) is 0.785. The smallest absolute Gasteiger partial charge is 0.132 e. The third kappa shape index (κ3) is 3.09. The first-order valence-corrected chi connectivity index (χ1v) is 6.66. The first kappa shape index (κ1) is 13.9. The normalized spacial score (nSPS) is 12.3. The summed E-state index contributed by atoms with van der Waals surface area (Å²) in [5.41, 5.74) is 8.96. The van der Waals surface area contributed by atoms with Crippen LogP contribution in [-0.4, -0.2) is 0 Å². The molecule has 0 aliphatic rings. The summed E-state index contributed by atoms with van der Waals surface area (Å²) in [5.74, 6) is 1.58. The lowest BCUT2D eigenvalue weighted by molar-refractivity contribution is 0.471. The van der Waals surface area contributed by atoms with E-state index in [1.165, 1.54) is 0 Å². The zero-order valence-electron chi connectivity index (χ0n) is 11.4. The average Bonchev–Trinajstić information content (AvgIpc) is 2.36. The number of hydrogen-bond acceptors (Lipinski definition) is 2. The molecule has 0 bridgehead atoms. The number of nitrogens with two attached hydrogens (primary N) is 1. The van der Waals surface area contributed by atoms with Gasteiger partial charge in [0.1, 0.15) is 11.5 Å². The van der Waals surface area contributed by atoms with Crippen molar-refractivity contribution in [2.75, 3.05) is 0 Å². The molecule has 0 spiro atoms. The van der Waals surface area contributed by atoms with Gasteiger partial charge in [-0.15, -0.1) is 0 Å². The van der Waals surface area contributed by atoms with Crippen LogP contribution in [0.2, 0.25) is 5.02 Å². The lowest BCUT2D eigenvalue weighted by Crippen LogP contribution is -2.06. The van der Waals surface area contributed by atoms with Gasteiger partial charge in [0.05, 0.1) is 0 Å². The van der Waals surface area contributed by atoms with E-state index in [4.69, 9.17) is 22.1 Å². The van der Waals surface area contributed by atoms with Gasteiger partial charge in [0.25, 0.3) is 0 Å². The van der Waals surface area contributed by atoms with Crippen LogP contribution in [0.4, 0.5) is 0 Å². The molecule has 0 saturated carbocycles. The first-order chi connectivity index (χ1) is 8.99. The van der Waals surface area contributed by atoms with Crippen LogP contribution in [0.25, 0.3) is 0 Å². The number of aryl methyl sites for hydroxylation is 2. The van der Waals surface area contributed by atoms with Crippen LogP contribution in [-0.2, 0) is 0 Å². The molecule has 3 heteroatoms. The van der Waals surface area contributed by atoms with Crippen molar-refractivity contribution in [3.05, 3.63) is 58.1 Å². The number of hydrogen-bond donors (Lipinski definition) is 1. The summed E-state index contributed by atoms with van der Waals surface area (Å²) < 4.78 is 5.95. The highest BCUT2D eigenvalue weighted by molar-refractivity contribution is 6.32. The van der Waals surface area contributed by atoms with E-state index in [-0.39, 0.29) is 6.04 Å². The van der Waals surface area contributed by atoms with E-state index in [2.05, 4.69) is 0 Å². The van der Waals surface area contributed by atoms with Gasteiger partial charge in [-0.25, -0.2) is 0 Å². The lowest BCUT2D eigenvalue weighted by atomic mass is 10.1. The van der Waals surface area contributed by atoms with Crippen molar-refractivity contribution < 1.29 is 4.74 Å². The van der Waals surface area contributed by atoms with Crippen LogP contribution in [0.5, 0.6) is 11.5 Å². The molecule has 1 atom stereocenters. The van der Waals surface area contributed by atoms with Crippen LogP contribution >= 0.6 is 11.6 Å². The molecule has 2 rings (SSSR count). The van der Waals surface area contributed by atoms with Gasteiger partial charge in [-0.05, 0) is 50.1 Å². The monoisotopic (exact) mass is 275 g/mol. The Hall–Kier alpha value is -1.51. The van der Waals surface area contributed by atoms with E-state index in [0.29, 0.717) is 0 Å². The highest BCUT2D eigenvalue weighted by atomic mass is 35.5. The third-order valence-corrected chi connectivity index (χ3v) is 3.64. The van der Waals surface area contributed by atoms with E-state index < -0.39 is 0 Å². The average molecular weight is 276 g/mol. The predicted molar refractivity (Wildman–Crippen MR) is 80.0 cm³/mol. The second-order valence-corrected chi connectivity index (χ2v) is 5.18. The zero-order chi connectivity index (χ0) is 14.0. The maximum absolute atomic E-state index is 6.16. The Labute approximate surface area is 119 Å². The van der Waals surface area contributed by atoms with Crippen molar-refractivity contribution >= 4 is 11.6 Å². The van der Waals surface area contributed by atoms with Crippen LogP contribution in [0.15, 0.2) is 36.4 Å². The van der Waals surface area contributed by atoms with Crippen molar-refractivity contribution in [3.63, 3.8) is 0 Å². The molecule has 0 unspecified atom stereocenters. The number of para-hydroxylation sites is 1. The number of benzene rings is 2. The van der Waals surface area contributed by atoms with Crippen molar-refractivity contribution in [2.45, 2.75) is 26.8 Å². The summed E-state index contributed by atoms with van der Waals surface area (Å²) in [6.07, 6.45) is 0. The summed E-state index contributed by atoms with van der Waals surface area (Å²) in [6.45, 7) is 5.89. The molecule has 0 saturated heterocycles. The lowest BCUT2D eigenvalue weighted by Gasteiger charge is -2.15. The zero-order valence-corrected chi connectivity index (χ0v) is 12.2. The van der Waals surface area contributed by atoms with Crippen LogP contribution in [0.3, 0.4) is 0 Å². The molecule has 100 valence electrons. The number of halogens is 1. The Balaban J connectivity index is 2.37. The second kappa shape index (κ2) is 5.64. The molecule has 2 aromatic rings. The quantitative estimate of drug-likeness (QED) is 0.876. The standard InChI is InChI=1S/C16H18ClNO/c1-10-8-13(9-11(2)16(10)17)19-15-7-5-4-6-14(15)12(3)18/h4-9,12H,18H2,1-3H3/t12-/m0/s1. The molecule has 2 aromatic carbocycles.